The number of carbonyl (C=O) groups is 1. The molecule has 2 aliphatic carbocycles. The van der Waals surface area contributed by atoms with Crippen LogP contribution in [0.2, 0.25) is 0 Å². The van der Waals surface area contributed by atoms with Crippen molar-refractivity contribution in [3.8, 4) is 6.07 Å². The zero-order valence-corrected chi connectivity index (χ0v) is 16.3. The van der Waals surface area contributed by atoms with Crippen LogP contribution in [0, 0.1) is 17.2 Å². The summed E-state index contributed by atoms with van der Waals surface area (Å²) in [5, 5.41) is 9.28. The largest absolute Gasteiger partial charge is 0.367 e. The van der Waals surface area contributed by atoms with Crippen LogP contribution >= 0.6 is 0 Å². The van der Waals surface area contributed by atoms with Crippen LogP contribution in [-0.4, -0.2) is 46.8 Å². The van der Waals surface area contributed by atoms with Crippen LogP contribution in [-0.2, 0) is 17.8 Å². The predicted octanol–water partition coefficient (Wildman–Crippen LogP) is 2.59. The van der Waals surface area contributed by atoms with Crippen molar-refractivity contribution in [2.75, 3.05) is 31.1 Å². The molecule has 2 aromatic rings. The molecule has 0 bridgehead atoms. The number of aromatic nitrogens is 2. The molecule has 6 heteroatoms. The Morgan fingerprint density at radius 3 is 2.76 bits per heavy atom. The zero-order chi connectivity index (χ0) is 19.8. The standard InChI is InChI=1S/C23H23N5O/c24-13-21-22(2-1-5-25-21)28-8-6-27(7-9-28)15-16-10-18-11-23(29)19(17-3-4-17)12-20(18)26-14-16/h1-2,5,10,12,14,17H,3-4,6-9,11,15H2. The molecule has 1 aliphatic heterocycles. The van der Waals surface area contributed by atoms with Crippen molar-refractivity contribution in [1.29, 1.82) is 5.26 Å². The number of piperazine rings is 1. The number of allylic oxidation sites excluding steroid dienone is 1. The molecule has 0 radical (unpaired) electrons. The highest BCUT2D eigenvalue weighted by atomic mass is 16.1. The van der Waals surface area contributed by atoms with Gasteiger partial charge in [-0.05, 0) is 48.1 Å². The number of nitriles is 1. The maximum atomic E-state index is 12.4. The molecule has 5 rings (SSSR count). The van der Waals surface area contributed by atoms with Crippen LogP contribution in [0.1, 0.15) is 35.4 Å². The van der Waals surface area contributed by atoms with Gasteiger partial charge < -0.3 is 4.90 Å². The fourth-order valence-electron chi connectivity index (χ4n) is 4.31. The normalized spacial score (nSPS) is 19.5. The van der Waals surface area contributed by atoms with E-state index in [1.165, 1.54) is 0 Å². The average Bonchev–Trinajstić information content (AvgIpc) is 3.59. The Kier molecular flexibility index (Phi) is 4.61. The third kappa shape index (κ3) is 3.66. The van der Waals surface area contributed by atoms with E-state index in [-0.39, 0.29) is 5.78 Å². The SMILES string of the molecule is N#Cc1ncccc1N1CCN(Cc2cnc3c(c2)CC(=O)C(C2CC2)=C3)CC1. The summed E-state index contributed by atoms with van der Waals surface area (Å²) in [6, 6.07) is 8.19. The topological polar surface area (TPSA) is 73.1 Å². The van der Waals surface area contributed by atoms with Crippen molar-refractivity contribution in [3.63, 3.8) is 0 Å². The van der Waals surface area contributed by atoms with Gasteiger partial charge in [0, 0.05) is 57.1 Å². The maximum absolute atomic E-state index is 12.4. The number of hydrogen-bond donors (Lipinski definition) is 0. The van der Waals surface area contributed by atoms with E-state index in [0.29, 0.717) is 18.0 Å². The molecule has 1 saturated carbocycles. The highest BCUT2D eigenvalue weighted by Gasteiger charge is 2.33. The van der Waals surface area contributed by atoms with Gasteiger partial charge in [0.2, 0.25) is 0 Å². The van der Waals surface area contributed by atoms with Crippen LogP contribution < -0.4 is 4.90 Å². The molecule has 3 heterocycles. The first-order valence-corrected chi connectivity index (χ1v) is 10.3. The second kappa shape index (κ2) is 7.41. The van der Waals surface area contributed by atoms with Gasteiger partial charge in [-0.15, -0.1) is 0 Å². The van der Waals surface area contributed by atoms with Crippen molar-refractivity contribution >= 4 is 17.5 Å². The van der Waals surface area contributed by atoms with Gasteiger partial charge in [-0.25, -0.2) is 4.98 Å². The second-order valence-electron chi connectivity index (χ2n) is 8.11. The molecule has 0 unspecified atom stereocenters. The predicted molar refractivity (Wildman–Crippen MR) is 110 cm³/mol. The smallest absolute Gasteiger partial charge is 0.163 e. The molecule has 0 aromatic carbocycles. The number of hydrogen-bond acceptors (Lipinski definition) is 6. The minimum absolute atomic E-state index is 0.275. The van der Waals surface area contributed by atoms with Crippen LogP contribution in [0.25, 0.3) is 6.08 Å². The van der Waals surface area contributed by atoms with E-state index in [2.05, 4.69) is 31.9 Å². The number of nitrogens with zero attached hydrogens (tertiary/aromatic N) is 5. The van der Waals surface area contributed by atoms with E-state index in [0.717, 1.165) is 73.6 Å². The quantitative estimate of drug-likeness (QED) is 0.805. The molecule has 0 amide bonds. The number of Topliss-reactive ketones (excluding diaryl/α,β-unsaturated/α-hetero) is 1. The molecule has 0 spiro atoms. The highest BCUT2D eigenvalue weighted by molar-refractivity contribution is 6.04. The van der Waals surface area contributed by atoms with Crippen LogP contribution in [0.5, 0.6) is 0 Å². The number of pyridine rings is 2. The van der Waals surface area contributed by atoms with E-state index in [1.54, 1.807) is 6.20 Å². The van der Waals surface area contributed by atoms with Crippen molar-refractivity contribution < 1.29 is 4.79 Å². The summed E-state index contributed by atoms with van der Waals surface area (Å²) in [5.74, 6) is 0.757. The molecule has 1 saturated heterocycles. The molecule has 3 aliphatic rings. The van der Waals surface area contributed by atoms with Gasteiger partial charge in [0.1, 0.15) is 6.07 Å². The summed E-state index contributed by atoms with van der Waals surface area (Å²) in [4.78, 5) is 25.9. The first-order valence-electron chi connectivity index (χ1n) is 10.3. The number of carbonyl (C=O) groups excluding carboxylic acids is 1. The average molecular weight is 385 g/mol. The third-order valence-electron chi connectivity index (χ3n) is 6.05. The fraction of sp³-hybridized carbons (Fsp3) is 0.391. The van der Waals surface area contributed by atoms with E-state index >= 15 is 0 Å². The van der Waals surface area contributed by atoms with Crippen LogP contribution in [0.15, 0.2) is 36.2 Å². The summed E-state index contributed by atoms with van der Waals surface area (Å²) in [5.41, 5.74) is 5.59. The Labute approximate surface area is 170 Å². The van der Waals surface area contributed by atoms with Gasteiger partial charge >= 0.3 is 0 Å². The lowest BCUT2D eigenvalue weighted by Crippen LogP contribution is -2.46. The lowest BCUT2D eigenvalue weighted by molar-refractivity contribution is -0.115. The number of fused-ring (bicyclic) bond motifs is 1. The Hall–Kier alpha value is -3.04. The molecule has 2 fully saturated rings. The number of rotatable bonds is 4. The van der Waals surface area contributed by atoms with Gasteiger partial charge in [0.05, 0.1) is 11.4 Å². The van der Waals surface area contributed by atoms with Gasteiger partial charge in [0.15, 0.2) is 11.5 Å². The summed E-state index contributed by atoms with van der Waals surface area (Å²) in [7, 11) is 0. The molecule has 2 aromatic heterocycles. The monoisotopic (exact) mass is 385 g/mol. The lowest BCUT2D eigenvalue weighted by Gasteiger charge is -2.36. The summed E-state index contributed by atoms with van der Waals surface area (Å²) in [6.07, 6.45) is 8.41. The van der Waals surface area contributed by atoms with E-state index in [9.17, 15) is 10.1 Å². The van der Waals surface area contributed by atoms with Crippen LogP contribution in [0.3, 0.4) is 0 Å². The van der Waals surface area contributed by atoms with Crippen molar-refractivity contribution in [2.24, 2.45) is 5.92 Å². The van der Waals surface area contributed by atoms with Gasteiger partial charge in [-0.3, -0.25) is 14.7 Å². The lowest BCUT2D eigenvalue weighted by atomic mass is 9.91. The van der Waals surface area contributed by atoms with Crippen molar-refractivity contribution in [2.45, 2.75) is 25.8 Å². The van der Waals surface area contributed by atoms with Gasteiger partial charge in [0.25, 0.3) is 0 Å². The molecular weight excluding hydrogens is 362 g/mol. The number of ketones is 1. The molecule has 146 valence electrons. The first-order chi connectivity index (χ1) is 14.2. The Bertz CT molecular complexity index is 1030. The van der Waals surface area contributed by atoms with Crippen molar-refractivity contribution in [3.05, 3.63) is 58.7 Å². The molecule has 6 nitrogen and oxygen atoms in total. The fourth-order valence-corrected chi connectivity index (χ4v) is 4.31. The summed E-state index contributed by atoms with van der Waals surface area (Å²) >= 11 is 0. The molecular formula is C23H23N5O. The van der Waals surface area contributed by atoms with E-state index in [1.807, 2.05) is 24.4 Å². The van der Waals surface area contributed by atoms with Gasteiger partial charge in [-0.1, -0.05) is 6.07 Å². The van der Waals surface area contributed by atoms with Crippen LogP contribution in [0.4, 0.5) is 5.69 Å². The van der Waals surface area contributed by atoms with E-state index in [4.69, 9.17) is 0 Å². The Balaban J connectivity index is 1.24. The zero-order valence-electron chi connectivity index (χ0n) is 16.3. The van der Waals surface area contributed by atoms with Crippen molar-refractivity contribution in [1.82, 2.24) is 14.9 Å². The summed E-state index contributed by atoms with van der Waals surface area (Å²) in [6.45, 7) is 4.40. The Morgan fingerprint density at radius 1 is 1.17 bits per heavy atom. The van der Waals surface area contributed by atoms with E-state index < -0.39 is 0 Å². The summed E-state index contributed by atoms with van der Waals surface area (Å²) < 4.78 is 0. The van der Waals surface area contributed by atoms with Gasteiger partial charge in [-0.2, -0.15) is 5.26 Å². The Morgan fingerprint density at radius 2 is 2.00 bits per heavy atom. The third-order valence-corrected chi connectivity index (χ3v) is 6.05. The minimum atomic E-state index is 0.275. The number of anilines is 1. The highest BCUT2D eigenvalue weighted by Crippen LogP contribution is 2.40. The molecule has 0 N–H and O–H groups in total. The second-order valence-corrected chi connectivity index (χ2v) is 8.11. The molecule has 0 atom stereocenters. The molecule has 29 heavy (non-hydrogen) atoms. The minimum Gasteiger partial charge on any atom is -0.367 e. The first kappa shape index (κ1) is 18.0. The maximum Gasteiger partial charge on any atom is 0.163 e.